The van der Waals surface area contributed by atoms with E-state index in [0.717, 1.165) is 48.4 Å². The molecule has 2 aliphatic rings. The summed E-state index contributed by atoms with van der Waals surface area (Å²) < 4.78 is 5.47. The maximum absolute atomic E-state index is 13.1. The van der Waals surface area contributed by atoms with E-state index in [9.17, 15) is 9.59 Å². The number of aryl methyl sites for hydroxylation is 2. The van der Waals surface area contributed by atoms with Crippen molar-refractivity contribution < 1.29 is 14.3 Å². The quantitative estimate of drug-likeness (QED) is 0.770. The van der Waals surface area contributed by atoms with Gasteiger partial charge in [-0.15, -0.1) is 0 Å². The molecule has 1 saturated heterocycles. The van der Waals surface area contributed by atoms with Gasteiger partial charge in [0.15, 0.2) is 0 Å². The van der Waals surface area contributed by atoms with E-state index in [0.29, 0.717) is 25.3 Å². The van der Waals surface area contributed by atoms with Crippen LogP contribution in [0, 0.1) is 19.8 Å². The first-order valence-electron chi connectivity index (χ1n) is 10.6. The summed E-state index contributed by atoms with van der Waals surface area (Å²) in [5.41, 5.74) is 5.64. The summed E-state index contributed by atoms with van der Waals surface area (Å²) in [6.45, 7) is 7.28. The fraction of sp³-hybridized carbons (Fsp3) is 0.417. The van der Waals surface area contributed by atoms with Crippen LogP contribution in [0.2, 0.25) is 0 Å². The molecular weight excluding hydrogens is 378 g/mol. The highest BCUT2D eigenvalue weighted by molar-refractivity contribution is 6.02. The van der Waals surface area contributed by atoms with Crippen molar-refractivity contribution in [1.82, 2.24) is 5.32 Å². The van der Waals surface area contributed by atoms with Gasteiger partial charge in [-0.25, -0.2) is 0 Å². The molecule has 1 aliphatic heterocycles. The standard InChI is InChI=1S/C24H29N3O3/c1-16-3-4-17(2)19(13-16)15-25-24(29)21-8-7-20(26-23(28)18-5-6-18)14-22(21)27-9-11-30-12-10-27/h3-4,7-8,13-14,18H,5-6,9-12,15H2,1-2H3,(H,25,29)(H,26,28). The number of hydrogen-bond acceptors (Lipinski definition) is 4. The fourth-order valence-electron chi connectivity index (χ4n) is 3.72. The Morgan fingerprint density at radius 3 is 2.57 bits per heavy atom. The summed E-state index contributed by atoms with van der Waals surface area (Å²) in [6, 6.07) is 11.8. The predicted octanol–water partition coefficient (Wildman–Crippen LogP) is 3.42. The summed E-state index contributed by atoms with van der Waals surface area (Å²) in [4.78, 5) is 27.4. The lowest BCUT2D eigenvalue weighted by Gasteiger charge is -2.30. The summed E-state index contributed by atoms with van der Waals surface area (Å²) in [5, 5.41) is 6.06. The molecule has 158 valence electrons. The van der Waals surface area contributed by atoms with Gasteiger partial charge in [-0.1, -0.05) is 23.8 Å². The molecule has 1 aliphatic carbocycles. The molecule has 6 heteroatoms. The van der Waals surface area contributed by atoms with E-state index in [2.05, 4.69) is 47.6 Å². The molecule has 4 rings (SSSR count). The molecule has 1 saturated carbocycles. The molecule has 6 nitrogen and oxygen atoms in total. The van der Waals surface area contributed by atoms with Gasteiger partial charge < -0.3 is 20.3 Å². The van der Waals surface area contributed by atoms with E-state index in [4.69, 9.17) is 4.74 Å². The van der Waals surface area contributed by atoms with Crippen molar-refractivity contribution >= 4 is 23.2 Å². The van der Waals surface area contributed by atoms with E-state index in [1.807, 2.05) is 18.2 Å². The van der Waals surface area contributed by atoms with E-state index >= 15 is 0 Å². The minimum absolute atomic E-state index is 0.0649. The van der Waals surface area contributed by atoms with Gasteiger partial charge in [-0.2, -0.15) is 0 Å². The van der Waals surface area contributed by atoms with E-state index in [1.54, 1.807) is 0 Å². The number of carbonyl (C=O) groups excluding carboxylic acids is 2. The molecule has 0 atom stereocenters. The van der Waals surface area contributed by atoms with Gasteiger partial charge >= 0.3 is 0 Å². The third-order valence-electron chi connectivity index (χ3n) is 5.75. The van der Waals surface area contributed by atoms with Crippen LogP contribution in [0.5, 0.6) is 0 Å². The molecule has 2 N–H and O–H groups in total. The van der Waals surface area contributed by atoms with Crippen molar-refractivity contribution in [2.75, 3.05) is 36.5 Å². The Hall–Kier alpha value is -2.86. The Bertz CT molecular complexity index is 947. The van der Waals surface area contributed by atoms with Gasteiger partial charge in [0, 0.05) is 31.2 Å². The second kappa shape index (κ2) is 8.88. The first kappa shape index (κ1) is 20.4. The SMILES string of the molecule is Cc1ccc(C)c(CNC(=O)c2ccc(NC(=O)C3CC3)cc2N2CCOCC2)c1. The third kappa shape index (κ3) is 4.82. The molecule has 1 heterocycles. The molecule has 2 fully saturated rings. The highest BCUT2D eigenvalue weighted by Gasteiger charge is 2.30. The van der Waals surface area contributed by atoms with E-state index in [1.165, 1.54) is 5.56 Å². The monoisotopic (exact) mass is 407 g/mol. The maximum atomic E-state index is 13.1. The number of nitrogens with one attached hydrogen (secondary N) is 2. The zero-order valence-electron chi connectivity index (χ0n) is 17.7. The van der Waals surface area contributed by atoms with Gasteiger partial charge in [0.25, 0.3) is 5.91 Å². The zero-order chi connectivity index (χ0) is 21.1. The number of carbonyl (C=O) groups is 2. The van der Waals surface area contributed by atoms with Crippen LogP contribution in [0.25, 0.3) is 0 Å². The predicted molar refractivity (Wildman–Crippen MR) is 118 cm³/mol. The minimum Gasteiger partial charge on any atom is -0.378 e. The van der Waals surface area contributed by atoms with Crippen LogP contribution in [0.1, 0.15) is 39.9 Å². The second-order valence-electron chi connectivity index (χ2n) is 8.21. The van der Waals surface area contributed by atoms with Gasteiger partial charge in [-0.05, 0) is 56.0 Å². The highest BCUT2D eigenvalue weighted by atomic mass is 16.5. The van der Waals surface area contributed by atoms with Crippen molar-refractivity contribution in [1.29, 1.82) is 0 Å². The first-order valence-corrected chi connectivity index (χ1v) is 10.6. The van der Waals surface area contributed by atoms with Crippen LogP contribution in [0.4, 0.5) is 11.4 Å². The summed E-state index contributed by atoms with van der Waals surface area (Å²) in [5.74, 6) is 0.0879. The van der Waals surface area contributed by atoms with Crippen molar-refractivity contribution in [3.8, 4) is 0 Å². The summed E-state index contributed by atoms with van der Waals surface area (Å²) in [7, 11) is 0. The molecule has 0 unspecified atom stereocenters. The molecule has 0 radical (unpaired) electrons. The summed E-state index contributed by atoms with van der Waals surface area (Å²) >= 11 is 0. The van der Waals surface area contributed by atoms with Crippen molar-refractivity contribution in [3.63, 3.8) is 0 Å². The Kier molecular flexibility index (Phi) is 6.04. The average Bonchev–Trinajstić information content (AvgIpc) is 3.60. The fourth-order valence-corrected chi connectivity index (χ4v) is 3.72. The van der Waals surface area contributed by atoms with E-state index < -0.39 is 0 Å². The van der Waals surface area contributed by atoms with Crippen LogP contribution >= 0.6 is 0 Å². The molecule has 0 aromatic heterocycles. The third-order valence-corrected chi connectivity index (χ3v) is 5.75. The molecule has 0 spiro atoms. The number of amides is 2. The topological polar surface area (TPSA) is 70.7 Å². The second-order valence-corrected chi connectivity index (χ2v) is 8.21. The largest absolute Gasteiger partial charge is 0.378 e. The van der Waals surface area contributed by atoms with Gasteiger partial charge in [0.2, 0.25) is 5.91 Å². The van der Waals surface area contributed by atoms with Crippen molar-refractivity contribution in [3.05, 3.63) is 58.7 Å². The Labute approximate surface area is 177 Å². The average molecular weight is 408 g/mol. The first-order chi connectivity index (χ1) is 14.5. The number of anilines is 2. The normalized spacial score (nSPS) is 16.3. The van der Waals surface area contributed by atoms with E-state index in [-0.39, 0.29) is 17.7 Å². The molecular formula is C24H29N3O3. The number of hydrogen-bond donors (Lipinski definition) is 2. The van der Waals surface area contributed by atoms with Crippen LogP contribution in [0.3, 0.4) is 0 Å². The summed E-state index contributed by atoms with van der Waals surface area (Å²) in [6.07, 6.45) is 1.92. The lowest BCUT2D eigenvalue weighted by Crippen LogP contribution is -2.38. The minimum atomic E-state index is -0.113. The Morgan fingerprint density at radius 1 is 1.07 bits per heavy atom. The van der Waals surface area contributed by atoms with Crippen molar-refractivity contribution in [2.45, 2.75) is 33.2 Å². The van der Waals surface area contributed by atoms with Crippen LogP contribution in [-0.4, -0.2) is 38.1 Å². The van der Waals surface area contributed by atoms with Crippen LogP contribution in [0.15, 0.2) is 36.4 Å². The molecule has 30 heavy (non-hydrogen) atoms. The van der Waals surface area contributed by atoms with Crippen LogP contribution in [-0.2, 0) is 16.1 Å². The number of ether oxygens (including phenoxy) is 1. The van der Waals surface area contributed by atoms with Gasteiger partial charge in [0.1, 0.15) is 0 Å². The van der Waals surface area contributed by atoms with Crippen LogP contribution < -0.4 is 15.5 Å². The number of benzene rings is 2. The molecule has 2 aromatic carbocycles. The van der Waals surface area contributed by atoms with Crippen molar-refractivity contribution in [2.24, 2.45) is 5.92 Å². The number of morpholine rings is 1. The Balaban J connectivity index is 1.54. The lowest BCUT2D eigenvalue weighted by atomic mass is 10.1. The smallest absolute Gasteiger partial charge is 0.253 e. The lowest BCUT2D eigenvalue weighted by molar-refractivity contribution is -0.117. The van der Waals surface area contributed by atoms with Gasteiger partial charge in [0.05, 0.1) is 24.5 Å². The molecule has 2 amide bonds. The zero-order valence-corrected chi connectivity index (χ0v) is 17.7. The molecule has 2 aromatic rings. The number of rotatable bonds is 6. The molecule has 0 bridgehead atoms. The number of nitrogens with zero attached hydrogens (tertiary/aromatic N) is 1. The highest BCUT2D eigenvalue weighted by Crippen LogP contribution is 2.31. The van der Waals surface area contributed by atoms with Gasteiger partial charge in [-0.3, -0.25) is 9.59 Å². The Morgan fingerprint density at radius 2 is 1.83 bits per heavy atom. The maximum Gasteiger partial charge on any atom is 0.253 e.